The Morgan fingerprint density at radius 3 is 1.58 bits per heavy atom. The molecule has 8 rings (SSSR count). The van der Waals surface area contributed by atoms with Crippen molar-refractivity contribution in [2.45, 2.75) is 118 Å². The van der Waals surface area contributed by atoms with Gasteiger partial charge < -0.3 is 28.7 Å². The molecule has 0 N–H and O–H groups in total. The van der Waals surface area contributed by atoms with Gasteiger partial charge in [-0.2, -0.15) is 4.57 Å². The van der Waals surface area contributed by atoms with Crippen LogP contribution in [-0.2, 0) is 28.2 Å². The van der Waals surface area contributed by atoms with Crippen molar-refractivity contribution in [3.05, 3.63) is 236 Å². The van der Waals surface area contributed by atoms with Crippen molar-refractivity contribution >= 4 is 49.5 Å². The molecule has 400 valence electrons. The monoisotopic (exact) mass is 1260 g/mol. The number of aryl methyl sites for hydroxylation is 1. The zero-order valence-electron chi connectivity index (χ0n) is 47.4. The molecular weight excluding hydrogens is 1190 g/mol. The topological polar surface area (TPSA) is 60.1 Å². The second-order valence-corrected chi connectivity index (χ2v) is 25.3. The van der Waals surface area contributed by atoms with E-state index >= 15 is 0 Å². The summed E-state index contributed by atoms with van der Waals surface area (Å²) in [5.41, 5.74) is 15.8. The molecule has 8 aromatic rings. The first-order chi connectivity index (χ1) is 35.7. The number of rotatable bonds is 10. The Labute approximate surface area is 494 Å². The lowest BCUT2D eigenvalue weighted by molar-refractivity contribution is -0.683. The first-order valence-electron chi connectivity index (χ1n) is 25.9. The summed E-state index contributed by atoms with van der Waals surface area (Å²) < 4.78 is 9.14. The maximum atomic E-state index is 12.6. The fraction of sp³-hybridized carbons (Fsp3) is 0.275. The molecule has 0 saturated heterocycles. The second-order valence-electron chi connectivity index (χ2n) is 23.5. The number of methoxy groups -OCH3 is 1. The predicted octanol–water partition coefficient (Wildman–Crippen LogP) is 15.6. The van der Waals surface area contributed by atoms with Gasteiger partial charge in [0.25, 0.3) is 0 Å². The van der Waals surface area contributed by atoms with Crippen molar-refractivity contribution in [3.63, 3.8) is 0 Å². The number of halogens is 3. The van der Waals surface area contributed by atoms with Crippen LogP contribution in [0.1, 0.15) is 137 Å². The highest BCUT2D eigenvalue weighted by Crippen LogP contribution is 2.38. The average molecular weight is 1270 g/mol. The Morgan fingerprint density at radius 2 is 1.04 bits per heavy atom. The standard InChI is InChI=1S/C32H34BrN.C24H30O2.C13H11BrNO.HI/c1-21-11-8-9-14-28(21)30-19-24(18-29(34-30)22-12-10-13-27(33)17-22)23-15-25(31(2,3)4)20-26(16-23)32(5,6)7;1-23(2,3)18-14-17(15-19(16-18)24(4,5)6)12-13-21(25)20-10-8-9-11-22(20)26-7;14-12-6-4-5-11(9-12)13(16)10-15-7-2-1-3-8-15;/h8-20H,1-7H3;8-16H,1-7H3;1-9H,10H2;1H/q;;+1;/p-1/b;13-12+;;. The highest BCUT2D eigenvalue weighted by Gasteiger charge is 2.23. The van der Waals surface area contributed by atoms with Crippen LogP contribution in [0.4, 0.5) is 0 Å². The van der Waals surface area contributed by atoms with Gasteiger partial charge in [0.2, 0.25) is 12.3 Å². The molecule has 0 unspecified atom stereocenters. The van der Waals surface area contributed by atoms with Crippen molar-refractivity contribution in [1.29, 1.82) is 0 Å². The van der Waals surface area contributed by atoms with Crippen LogP contribution in [-0.4, -0.2) is 23.7 Å². The molecule has 6 aromatic carbocycles. The van der Waals surface area contributed by atoms with E-state index in [1.807, 2.05) is 77.6 Å². The minimum Gasteiger partial charge on any atom is -1.00 e. The SMILES string of the molecule is COc1ccccc1C(=O)/C=C/c1cc(C(C)(C)C)cc(C(C)(C)C)c1.Cc1ccccc1-c1cc(-c2cc(C(C)(C)C)cc(C(C)(C)C)c2)cc(-c2cccc(Br)c2)n1.O=C(C[n+]1ccccc1)c1cccc(Br)c1.[I-]. The van der Waals surface area contributed by atoms with E-state index in [1.165, 1.54) is 44.5 Å². The second kappa shape index (κ2) is 26.7. The molecular formula is C69H75Br2IN2O3. The highest BCUT2D eigenvalue weighted by molar-refractivity contribution is 9.10. The Bertz CT molecular complexity index is 3270. The van der Waals surface area contributed by atoms with E-state index in [2.05, 4.69) is 219 Å². The van der Waals surface area contributed by atoms with Gasteiger partial charge in [-0.25, -0.2) is 4.98 Å². The van der Waals surface area contributed by atoms with Crippen LogP contribution < -0.4 is 33.3 Å². The van der Waals surface area contributed by atoms with Crippen LogP contribution in [0.5, 0.6) is 5.75 Å². The number of carbonyl (C=O) groups excluding carboxylic acids is 2. The lowest BCUT2D eigenvalue weighted by Gasteiger charge is -2.26. The molecule has 0 fully saturated rings. The van der Waals surface area contributed by atoms with Crippen LogP contribution in [0, 0.1) is 6.92 Å². The predicted molar refractivity (Wildman–Crippen MR) is 326 cm³/mol. The largest absolute Gasteiger partial charge is 1.00 e. The third-order valence-electron chi connectivity index (χ3n) is 13.1. The lowest BCUT2D eigenvalue weighted by Crippen LogP contribution is -3.00. The third-order valence-corrected chi connectivity index (χ3v) is 14.1. The Hall–Kier alpha value is -5.81. The first-order valence-corrected chi connectivity index (χ1v) is 27.5. The van der Waals surface area contributed by atoms with E-state index in [-0.39, 0.29) is 57.2 Å². The Balaban J connectivity index is 0.000000225. The lowest BCUT2D eigenvalue weighted by atomic mass is 9.79. The maximum Gasteiger partial charge on any atom is 0.227 e. The fourth-order valence-electron chi connectivity index (χ4n) is 8.33. The van der Waals surface area contributed by atoms with Crippen molar-refractivity contribution in [2.24, 2.45) is 0 Å². The van der Waals surface area contributed by atoms with E-state index in [0.29, 0.717) is 17.9 Å². The molecule has 0 radical (unpaired) electrons. The van der Waals surface area contributed by atoms with Gasteiger partial charge in [-0.05, 0) is 128 Å². The van der Waals surface area contributed by atoms with Crippen molar-refractivity contribution in [1.82, 2.24) is 4.98 Å². The van der Waals surface area contributed by atoms with Gasteiger partial charge in [0.15, 0.2) is 18.2 Å². The van der Waals surface area contributed by atoms with Crippen LogP contribution in [0.2, 0.25) is 0 Å². The number of carbonyl (C=O) groups is 2. The number of hydrogen-bond donors (Lipinski definition) is 0. The first kappa shape index (κ1) is 62.0. The molecule has 2 heterocycles. The zero-order chi connectivity index (χ0) is 55.6. The summed E-state index contributed by atoms with van der Waals surface area (Å²) in [5.74, 6) is 0.652. The van der Waals surface area contributed by atoms with Crippen LogP contribution in [0.25, 0.3) is 39.7 Å². The Morgan fingerprint density at radius 1 is 0.532 bits per heavy atom. The average Bonchev–Trinajstić information content (AvgIpc) is 3.37. The number of benzene rings is 6. The summed E-state index contributed by atoms with van der Waals surface area (Å²) in [7, 11) is 1.58. The van der Waals surface area contributed by atoms with E-state index in [0.717, 1.165) is 37.0 Å². The van der Waals surface area contributed by atoms with E-state index in [9.17, 15) is 9.59 Å². The van der Waals surface area contributed by atoms with Gasteiger partial charge in [0.05, 0.1) is 24.1 Å². The van der Waals surface area contributed by atoms with Gasteiger partial charge >= 0.3 is 0 Å². The summed E-state index contributed by atoms with van der Waals surface area (Å²) in [6.07, 6.45) is 7.30. The Kier molecular flexibility index (Phi) is 21.5. The fourth-order valence-corrected chi connectivity index (χ4v) is 9.13. The molecule has 0 saturated carbocycles. The van der Waals surface area contributed by atoms with Gasteiger partial charge in [0.1, 0.15) is 5.75 Å². The van der Waals surface area contributed by atoms with Crippen LogP contribution >= 0.6 is 31.9 Å². The molecule has 2 aromatic heterocycles. The third kappa shape index (κ3) is 17.9. The van der Waals surface area contributed by atoms with E-state index < -0.39 is 0 Å². The summed E-state index contributed by atoms with van der Waals surface area (Å²) in [6, 6.07) is 55.6. The smallest absolute Gasteiger partial charge is 0.227 e. The normalized spacial score (nSPS) is 11.6. The molecule has 8 heteroatoms. The molecule has 0 atom stereocenters. The highest BCUT2D eigenvalue weighted by atomic mass is 127. The van der Waals surface area contributed by atoms with Crippen LogP contribution in [0.15, 0.2) is 191 Å². The minimum absolute atomic E-state index is 0. The molecule has 0 spiro atoms. The number of nitrogens with zero attached hydrogens (tertiary/aromatic N) is 2. The summed E-state index contributed by atoms with van der Waals surface area (Å²) in [6.45, 7) is 29.5. The van der Waals surface area contributed by atoms with Gasteiger partial charge in [-0.1, -0.05) is 224 Å². The number of aromatic nitrogens is 2. The molecule has 0 amide bonds. The summed E-state index contributed by atoms with van der Waals surface area (Å²) in [4.78, 5) is 29.6. The number of pyridine rings is 2. The van der Waals surface area contributed by atoms with E-state index in [1.54, 1.807) is 25.3 Å². The van der Waals surface area contributed by atoms with Crippen LogP contribution in [0.3, 0.4) is 0 Å². The summed E-state index contributed by atoms with van der Waals surface area (Å²) in [5, 5.41) is 0. The number of ketones is 2. The maximum absolute atomic E-state index is 12.6. The molecule has 0 aliphatic carbocycles. The number of Topliss-reactive ketones (excluding diaryl/α,β-unsaturated/α-hetero) is 1. The van der Waals surface area contributed by atoms with E-state index in [4.69, 9.17) is 9.72 Å². The van der Waals surface area contributed by atoms with Crippen molar-refractivity contribution < 1.29 is 42.9 Å². The minimum atomic E-state index is -0.0547. The zero-order valence-corrected chi connectivity index (χ0v) is 52.7. The molecule has 0 bridgehead atoms. The summed E-state index contributed by atoms with van der Waals surface area (Å²) >= 11 is 6.99. The molecule has 0 aliphatic rings. The number of ether oxygens (including phenoxy) is 1. The molecule has 77 heavy (non-hydrogen) atoms. The van der Waals surface area contributed by atoms with Crippen molar-refractivity contribution in [3.8, 4) is 39.4 Å². The molecule has 5 nitrogen and oxygen atoms in total. The van der Waals surface area contributed by atoms with Gasteiger partial charge in [0, 0.05) is 37.8 Å². The molecule has 0 aliphatic heterocycles. The number of para-hydroxylation sites is 1. The quantitative estimate of drug-likeness (QED) is 0.0592. The number of allylic oxidation sites excluding steroid dienone is 1. The van der Waals surface area contributed by atoms with Gasteiger partial charge in [-0.3, -0.25) is 9.59 Å². The van der Waals surface area contributed by atoms with Gasteiger partial charge in [-0.15, -0.1) is 0 Å². The number of hydrogen-bond acceptors (Lipinski definition) is 4. The van der Waals surface area contributed by atoms with Crippen molar-refractivity contribution in [2.75, 3.05) is 7.11 Å².